The molecule has 0 amide bonds. The van der Waals surface area contributed by atoms with Crippen LogP contribution < -0.4 is 5.43 Å². The highest BCUT2D eigenvalue weighted by Gasteiger charge is 2.25. The average molecular weight is 384 g/mol. The maximum absolute atomic E-state index is 12.5. The summed E-state index contributed by atoms with van der Waals surface area (Å²) in [6.45, 7) is 4.16. The van der Waals surface area contributed by atoms with Gasteiger partial charge in [-0.15, -0.1) is 0 Å². The van der Waals surface area contributed by atoms with Gasteiger partial charge >= 0.3 is 0 Å². The highest BCUT2D eigenvalue weighted by molar-refractivity contribution is 6.04. The number of carbonyl (C=O) groups is 1. The molecule has 0 bridgehead atoms. The van der Waals surface area contributed by atoms with E-state index in [4.69, 9.17) is 4.42 Å². The summed E-state index contributed by atoms with van der Waals surface area (Å²) in [5.41, 5.74) is 4.34. The molecule has 1 aromatic carbocycles. The monoisotopic (exact) mass is 384 g/mol. The van der Waals surface area contributed by atoms with Gasteiger partial charge in [0, 0.05) is 41.5 Å². The van der Waals surface area contributed by atoms with Gasteiger partial charge in [0.25, 0.3) is 0 Å². The van der Waals surface area contributed by atoms with Crippen molar-refractivity contribution in [2.45, 2.75) is 32.2 Å². The fraction of sp³-hybridized carbons (Fsp3) is 0.208. The summed E-state index contributed by atoms with van der Waals surface area (Å²) in [5, 5.41) is 1.06. The molecule has 0 atom stereocenters. The number of furan rings is 1. The molecule has 0 N–H and O–H groups in total. The summed E-state index contributed by atoms with van der Waals surface area (Å²) in [5.74, 6) is 0.341. The molecule has 144 valence electrons. The van der Waals surface area contributed by atoms with Gasteiger partial charge in [0.2, 0.25) is 0 Å². The van der Waals surface area contributed by atoms with E-state index in [1.165, 1.54) is 12.1 Å². The molecule has 0 saturated carbocycles. The quantitative estimate of drug-likeness (QED) is 0.482. The number of benzene rings is 1. The molecule has 0 unspecified atom stereocenters. The highest BCUT2D eigenvalue weighted by atomic mass is 16.3. The van der Waals surface area contributed by atoms with Crippen molar-refractivity contribution in [3.05, 3.63) is 76.1 Å². The zero-order chi connectivity index (χ0) is 20.0. The third-order valence-corrected chi connectivity index (χ3v) is 5.61. The number of para-hydroxylation sites is 1. The van der Waals surface area contributed by atoms with Crippen molar-refractivity contribution in [3.8, 4) is 11.5 Å². The normalized spacial score (nSPS) is 15.4. The first-order chi connectivity index (χ1) is 14.2. The molecule has 2 aliphatic heterocycles. The Hall–Kier alpha value is -3.47. The molecular weight excluding hydrogens is 364 g/mol. The number of nitrogens with zero attached hydrogens (tertiary/aromatic N) is 2. The van der Waals surface area contributed by atoms with Gasteiger partial charge < -0.3 is 8.98 Å². The van der Waals surface area contributed by atoms with Crippen molar-refractivity contribution in [1.29, 1.82) is 0 Å². The molecule has 3 aromatic rings. The maximum atomic E-state index is 12.5. The Morgan fingerprint density at radius 1 is 1.28 bits per heavy atom. The van der Waals surface area contributed by atoms with Crippen LogP contribution >= 0.6 is 0 Å². The largest absolute Gasteiger partial charge is 0.453 e. The van der Waals surface area contributed by atoms with Gasteiger partial charge in [0.1, 0.15) is 5.58 Å². The zero-order valence-electron chi connectivity index (χ0n) is 16.0. The van der Waals surface area contributed by atoms with Gasteiger partial charge in [-0.25, -0.2) is 0 Å². The third kappa shape index (κ3) is 2.81. The highest BCUT2D eigenvalue weighted by Crippen LogP contribution is 2.40. The summed E-state index contributed by atoms with van der Waals surface area (Å²) in [6.07, 6.45) is 10.8. The second kappa shape index (κ2) is 6.85. The molecule has 5 rings (SSSR count). The van der Waals surface area contributed by atoms with Gasteiger partial charge in [-0.05, 0) is 37.8 Å². The number of rotatable bonds is 3. The number of hydrogen-bond acceptors (Lipinski definition) is 4. The predicted octanol–water partition coefficient (Wildman–Crippen LogP) is 4.78. The second-order valence-electron chi connectivity index (χ2n) is 7.37. The van der Waals surface area contributed by atoms with Gasteiger partial charge in [-0.3, -0.25) is 14.6 Å². The van der Waals surface area contributed by atoms with Gasteiger partial charge in [-0.2, -0.15) is 0 Å². The molecule has 29 heavy (non-hydrogen) atoms. The smallest absolute Gasteiger partial charge is 0.193 e. The van der Waals surface area contributed by atoms with Crippen molar-refractivity contribution in [2.24, 2.45) is 4.99 Å². The van der Waals surface area contributed by atoms with Crippen LogP contribution in [-0.4, -0.2) is 16.6 Å². The minimum absolute atomic E-state index is 0.141. The molecule has 2 aromatic heterocycles. The molecule has 0 fully saturated rings. The minimum atomic E-state index is -0.360. The lowest BCUT2D eigenvalue weighted by Gasteiger charge is -2.18. The van der Waals surface area contributed by atoms with Crippen molar-refractivity contribution < 1.29 is 9.21 Å². The predicted molar refractivity (Wildman–Crippen MR) is 114 cm³/mol. The van der Waals surface area contributed by atoms with E-state index in [9.17, 15) is 9.59 Å². The first kappa shape index (κ1) is 17.6. The third-order valence-electron chi connectivity index (χ3n) is 5.61. The number of allylic oxidation sites excluding steroid dienone is 2. The Morgan fingerprint density at radius 3 is 3.03 bits per heavy atom. The summed E-state index contributed by atoms with van der Waals surface area (Å²) in [6, 6.07) is 7.62. The fourth-order valence-electron chi connectivity index (χ4n) is 4.15. The molecule has 0 spiro atoms. The SMILES string of the molecule is C=CC(=O)c1cn2c(cc1=O)-c1oc3c(C4=CCCCC=N4)cccc3c1CC2. The molecule has 2 aliphatic rings. The first-order valence-electron chi connectivity index (χ1n) is 9.86. The van der Waals surface area contributed by atoms with Crippen molar-refractivity contribution >= 4 is 28.7 Å². The van der Waals surface area contributed by atoms with E-state index >= 15 is 0 Å². The van der Waals surface area contributed by atoms with Crippen LogP contribution in [0.1, 0.15) is 40.7 Å². The Bertz CT molecular complexity index is 1290. The van der Waals surface area contributed by atoms with Crippen LogP contribution in [0, 0.1) is 0 Å². The Labute approximate surface area is 167 Å². The summed E-state index contributed by atoms with van der Waals surface area (Å²) < 4.78 is 8.27. The van der Waals surface area contributed by atoms with Crippen LogP contribution in [-0.2, 0) is 13.0 Å². The fourth-order valence-corrected chi connectivity index (χ4v) is 4.15. The Kier molecular flexibility index (Phi) is 4.16. The van der Waals surface area contributed by atoms with E-state index in [1.807, 2.05) is 22.9 Å². The maximum Gasteiger partial charge on any atom is 0.193 e. The number of aromatic nitrogens is 1. The van der Waals surface area contributed by atoms with Crippen molar-refractivity contribution in [2.75, 3.05) is 0 Å². The summed E-state index contributed by atoms with van der Waals surface area (Å²) in [4.78, 5) is 29.1. The average Bonchev–Trinajstić information content (AvgIpc) is 2.92. The molecular formula is C24H20N2O3. The molecule has 4 heterocycles. The molecule has 5 heteroatoms. The standard InChI is InChI=1S/C24H20N2O3/c1-2-21(27)18-14-26-12-10-16-15-7-6-8-17(19-9-4-3-5-11-25-19)23(15)29-24(16)20(26)13-22(18)28/h2,6-9,11,13-14H,1,3-5,10,12H2. The number of aliphatic imine (C=N–C) groups is 1. The first-order valence-corrected chi connectivity index (χ1v) is 9.86. The lowest BCUT2D eigenvalue weighted by molar-refractivity contribution is 0.104. The van der Waals surface area contributed by atoms with Gasteiger partial charge in [0.15, 0.2) is 17.0 Å². The lowest BCUT2D eigenvalue weighted by Crippen LogP contribution is -2.20. The number of pyridine rings is 1. The van der Waals surface area contributed by atoms with Crippen LogP contribution in [0.4, 0.5) is 0 Å². The molecule has 0 aliphatic carbocycles. The van der Waals surface area contributed by atoms with E-state index in [2.05, 4.69) is 23.7 Å². The topological polar surface area (TPSA) is 64.6 Å². The van der Waals surface area contributed by atoms with Gasteiger partial charge in [-0.1, -0.05) is 24.8 Å². The molecule has 0 saturated heterocycles. The van der Waals surface area contributed by atoms with E-state index in [0.717, 1.165) is 53.5 Å². The van der Waals surface area contributed by atoms with Crippen molar-refractivity contribution in [3.63, 3.8) is 0 Å². The lowest BCUT2D eigenvalue weighted by atomic mass is 9.99. The summed E-state index contributed by atoms with van der Waals surface area (Å²) >= 11 is 0. The second-order valence-corrected chi connectivity index (χ2v) is 7.37. The zero-order valence-corrected chi connectivity index (χ0v) is 16.0. The Morgan fingerprint density at radius 2 is 2.17 bits per heavy atom. The van der Waals surface area contributed by atoms with Crippen LogP contribution in [0.3, 0.4) is 0 Å². The number of aryl methyl sites for hydroxylation is 2. The number of hydrogen-bond donors (Lipinski definition) is 0. The summed E-state index contributed by atoms with van der Waals surface area (Å²) in [7, 11) is 0. The minimum Gasteiger partial charge on any atom is -0.453 e. The van der Waals surface area contributed by atoms with Crippen LogP contribution in [0.5, 0.6) is 0 Å². The Balaban J connectivity index is 1.72. The van der Waals surface area contributed by atoms with Crippen LogP contribution in [0.15, 0.2) is 63.4 Å². The van der Waals surface area contributed by atoms with E-state index in [0.29, 0.717) is 18.0 Å². The van der Waals surface area contributed by atoms with Crippen LogP contribution in [0.2, 0.25) is 0 Å². The van der Waals surface area contributed by atoms with E-state index in [1.54, 1.807) is 6.20 Å². The van der Waals surface area contributed by atoms with Crippen molar-refractivity contribution in [1.82, 2.24) is 4.57 Å². The molecule has 5 nitrogen and oxygen atoms in total. The molecule has 0 radical (unpaired) electrons. The number of fused-ring (bicyclic) bond motifs is 5. The number of ketones is 1. The van der Waals surface area contributed by atoms with E-state index < -0.39 is 0 Å². The number of carbonyl (C=O) groups excluding carboxylic acids is 1. The van der Waals surface area contributed by atoms with Crippen LogP contribution in [0.25, 0.3) is 28.1 Å². The van der Waals surface area contributed by atoms with Gasteiger partial charge in [0.05, 0.1) is 17.0 Å². The van der Waals surface area contributed by atoms with E-state index in [-0.39, 0.29) is 16.8 Å².